The van der Waals surface area contributed by atoms with Crippen molar-refractivity contribution in [2.45, 2.75) is 12.8 Å². The highest BCUT2D eigenvalue weighted by atomic mass is 16.3. The molecule has 0 spiro atoms. The van der Waals surface area contributed by atoms with Gasteiger partial charge in [0, 0.05) is 25.9 Å². The molecule has 2 aromatic rings. The van der Waals surface area contributed by atoms with Crippen molar-refractivity contribution in [3.05, 3.63) is 59.7 Å². The smallest absolute Gasteiger partial charge is 0.115 e. The second-order valence-electron chi connectivity index (χ2n) is 7.29. The van der Waals surface area contributed by atoms with E-state index >= 15 is 0 Å². The Hall–Kier alpha value is -2.70. The molecule has 2 rings (SSSR count). The van der Waals surface area contributed by atoms with Crippen LogP contribution in [0, 0.1) is 0 Å². The second-order valence-corrected chi connectivity index (χ2v) is 7.29. The van der Waals surface area contributed by atoms with E-state index in [0.717, 1.165) is 48.5 Å². The third kappa shape index (κ3) is 7.13. The number of benzene rings is 2. The Morgan fingerprint density at radius 1 is 0.643 bits per heavy atom. The summed E-state index contributed by atoms with van der Waals surface area (Å²) < 4.78 is 0. The first kappa shape index (κ1) is 21.6. The molecule has 6 nitrogen and oxygen atoms in total. The Bertz CT molecular complexity index is 725. The number of phenols is 2. The molecule has 0 amide bonds. The van der Waals surface area contributed by atoms with Gasteiger partial charge in [0.15, 0.2) is 0 Å². The summed E-state index contributed by atoms with van der Waals surface area (Å²) in [7, 11) is 8.10. The summed E-state index contributed by atoms with van der Waals surface area (Å²) in [6.45, 7) is 1.70. The van der Waals surface area contributed by atoms with Crippen LogP contribution in [0.4, 0.5) is 0 Å². The molecule has 0 saturated carbocycles. The van der Waals surface area contributed by atoms with Crippen molar-refractivity contribution in [3.8, 4) is 11.5 Å². The van der Waals surface area contributed by atoms with Crippen molar-refractivity contribution in [1.82, 2.24) is 9.80 Å². The molecule has 0 heterocycles. The lowest BCUT2D eigenvalue weighted by Crippen LogP contribution is -2.18. The lowest BCUT2D eigenvalue weighted by Gasteiger charge is -2.13. The predicted octanol–water partition coefficient (Wildman–Crippen LogP) is 3.19. The highest BCUT2D eigenvalue weighted by molar-refractivity contribution is 6.03. The fraction of sp³-hybridized carbons (Fsp3) is 0.364. The molecular formula is C22H30N4O2. The SMILES string of the molecule is CN(C)CC/C(=N/N=C(\CCN(C)C)c1ccc(O)cc1)c1ccc(O)cc1. The molecule has 0 bridgehead atoms. The van der Waals surface area contributed by atoms with Crippen molar-refractivity contribution < 1.29 is 10.2 Å². The average Bonchev–Trinajstić information content (AvgIpc) is 2.65. The predicted molar refractivity (Wildman–Crippen MR) is 116 cm³/mol. The molecule has 0 aliphatic carbocycles. The first-order valence-electron chi connectivity index (χ1n) is 9.37. The van der Waals surface area contributed by atoms with Gasteiger partial charge < -0.3 is 20.0 Å². The highest BCUT2D eigenvalue weighted by Gasteiger charge is 2.08. The molecule has 28 heavy (non-hydrogen) atoms. The highest BCUT2D eigenvalue weighted by Crippen LogP contribution is 2.15. The van der Waals surface area contributed by atoms with E-state index in [9.17, 15) is 10.2 Å². The molecule has 150 valence electrons. The van der Waals surface area contributed by atoms with Gasteiger partial charge in [0.1, 0.15) is 11.5 Å². The third-order valence-electron chi connectivity index (χ3n) is 4.28. The fourth-order valence-corrected chi connectivity index (χ4v) is 2.59. The average molecular weight is 383 g/mol. The van der Waals surface area contributed by atoms with Gasteiger partial charge >= 0.3 is 0 Å². The Morgan fingerprint density at radius 3 is 1.25 bits per heavy atom. The Balaban J connectivity index is 2.37. The summed E-state index contributed by atoms with van der Waals surface area (Å²) in [5.74, 6) is 0.463. The molecule has 0 fully saturated rings. The molecule has 0 radical (unpaired) electrons. The maximum atomic E-state index is 9.57. The maximum Gasteiger partial charge on any atom is 0.115 e. The van der Waals surface area contributed by atoms with Gasteiger partial charge in [0.25, 0.3) is 0 Å². The molecule has 0 aliphatic heterocycles. The number of hydrogen-bond acceptors (Lipinski definition) is 6. The number of nitrogens with zero attached hydrogens (tertiary/aromatic N) is 4. The van der Waals surface area contributed by atoms with E-state index < -0.39 is 0 Å². The summed E-state index contributed by atoms with van der Waals surface area (Å²) in [4.78, 5) is 4.21. The van der Waals surface area contributed by atoms with E-state index in [4.69, 9.17) is 0 Å². The third-order valence-corrected chi connectivity index (χ3v) is 4.28. The second kappa shape index (κ2) is 10.6. The van der Waals surface area contributed by atoms with Gasteiger partial charge in [-0.2, -0.15) is 10.2 Å². The van der Waals surface area contributed by atoms with Crippen LogP contribution in [0.2, 0.25) is 0 Å². The Labute approximate surface area is 167 Å². The molecule has 2 N–H and O–H groups in total. The summed E-state index contributed by atoms with van der Waals surface area (Å²) in [5.41, 5.74) is 3.63. The van der Waals surface area contributed by atoms with Crippen molar-refractivity contribution in [2.75, 3.05) is 41.3 Å². The normalized spacial score (nSPS) is 12.8. The Morgan fingerprint density at radius 2 is 0.964 bits per heavy atom. The minimum atomic E-state index is 0.231. The van der Waals surface area contributed by atoms with Crippen LogP contribution in [0.15, 0.2) is 58.7 Å². The Kier molecular flexibility index (Phi) is 8.17. The van der Waals surface area contributed by atoms with Crippen LogP contribution in [0.5, 0.6) is 11.5 Å². The van der Waals surface area contributed by atoms with Crippen LogP contribution in [0.3, 0.4) is 0 Å². The van der Waals surface area contributed by atoms with Crippen LogP contribution in [0.1, 0.15) is 24.0 Å². The zero-order valence-corrected chi connectivity index (χ0v) is 17.1. The van der Waals surface area contributed by atoms with Gasteiger partial charge in [-0.3, -0.25) is 0 Å². The van der Waals surface area contributed by atoms with Crippen molar-refractivity contribution in [1.29, 1.82) is 0 Å². The van der Waals surface area contributed by atoms with Crippen LogP contribution >= 0.6 is 0 Å². The van der Waals surface area contributed by atoms with Gasteiger partial charge in [-0.05, 0) is 87.8 Å². The first-order chi connectivity index (χ1) is 13.3. The number of aromatic hydroxyl groups is 2. The van der Waals surface area contributed by atoms with E-state index in [0.29, 0.717) is 0 Å². The fourth-order valence-electron chi connectivity index (χ4n) is 2.59. The maximum absolute atomic E-state index is 9.57. The van der Waals surface area contributed by atoms with E-state index in [1.54, 1.807) is 24.3 Å². The topological polar surface area (TPSA) is 71.7 Å². The molecule has 0 aromatic heterocycles. The van der Waals surface area contributed by atoms with Gasteiger partial charge in [0.05, 0.1) is 11.4 Å². The van der Waals surface area contributed by atoms with Gasteiger partial charge in [-0.15, -0.1) is 0 Å². The van der Waals surface area contributed by atoms with E-state index in [-0.39, 0.29) is 11.5 Å². The van der Waals surface area contributed by atoms with Crippen LogP contribution in [0.25, 0.3) is 0 Å². The number of phenolic OH excluding ortho intramolecular Hbond substituents is 2. The molecule has 0 aliphatic rings. The molecule has 2 aromatic carbocycles. The summed E-state index contributed by atoms with van der Waals surface area (Å²) in [6, 6.07) is 14.1. The van der Waals surface area contributed by atoms with Crippen LogP contribution in [-0.2, 0) is 0 Å². The van der Waals surface area contributed by atoms with Crippen molar-refractivity contribution >= 4 is 11.4 Å². The first-order valence-corrected chi connectivity index (χ1v) is 9.37. The van der Waals surface area contributed by atoms with Gasteiger partial charge in [-0.1, -0.05) is 0 Å². The zero-order valence-electron chi connectivity index (χ0n) is 17.1. The lowest BCUT2D eigenvalue weighted by molar-refractivity contribution is 0.421. The molecular weight excluding hydrogens is 352 g/mol. The summed E-state index contributed by atoms with van der Waals surface area (Å²) in [6.07, 6.45) is 1.50. The van der Waals surface area contributed by atoms with Crippen LogP contribution in [-0.4, -0.2) is 72.7 Å². The summed E-state index contributed by atoms with van der Waals surface area (Å²) in [5, 5.41) is 28.3. The largest absolute Gasteiger partial charge is 0.508 e. The molecule has 0 atom stereocenters. The lowest BCUT2D eigenvalue weighted by atomic mass is 10.1. The monoisotopic (exact) mass is 382 g/mol. The molecule has 6 heteroatoms. The van der Waals surface area contributed by atoms with E-state index in [1.165, 1.54) is 0 Å². The van der Waals surface area contributed by atoms with Crippen LogP contribution < -0.4 is 0 Å². The molecule has 0 saturated heterocycles. The van der Waals surface area contributed by atoms with E-state index in [2.05, 4.69) is 20.0 Å². The van der Waals surface area contributed by atoms with E-state index in [1.807, 2.05) is 52.5 Å². The minimum absolute atomic E-state index is 0.231. The number of hydrogen-bond donors (Lipinski definition) is 2. The van der Waals surface area contributed by atoms with Crippen molar-refractivity contribution in [3.63, 3.8) is 0 Å². The van der Waals surface area contributed by atoms with Gasteiger partial charge in [0.2, 0.25) is 0 Å². The minimum Gasteiger partial charge on any atom is -0.508 e. The zero-order chi connectivity index (χ0) is 20.5. The standard InChI is InChI=1S/C22H30N4O2/c1-25(2)15-13-21(17-5-9-19(27)10-6-17)23-24-22(14-16-26(3)4)18-7-11-20(28)12-8-18/h5-12,27-28H,13-16H2,1-4H3/b23-21-,24-22+. The number of rotatable bonds is 9. The molecule has 0 unspecified atom stereocenters. The quantitative estimate of drug-likeness (QED) is 0.516. The summed E-state index contributed by atoms with van der Waals surface area (Å²) >= 11 is 0. The van der Waals surface area contributed by atoms with Gasteiger partial charge in [-0.25, -0.2) is 0 Å². The van der Waals surface area contributed by atoms with Crippen molar-refractivity contribution in [2.24, 2.45) is 10.2 Å².